The van der Waals surface area contributed by atoms with Gasteiger partial charge in [0.2, 0.25) is 0 Å². The Bertz CT molecular complexity index is 1430. The van der Waals surface area contributed by atoms with Crippen LogP contribution in [0.2, 0.25) is 0 Å². The summed E-state index contributed by atoms with van der Waals surface area (Å²) in [5.74, 6) is 0. The zero-order chi connectivity index (χ0) is 20.8. The van der Waals surface area contributed by atoms with Gasteiger partial charge in [0.05, 0.1) is 19.2 Å². The SMILES string of the molecule is OC(Cn1c2c(c3ccccc31)CC=CC=C2)Cn1c2ccccc2c2ccccc21. The summed E-state index contributed by atoms with van der Waals surface area (Å²) in [6.07, 6.45) is 8.98. The van der Waals surface area contributed by atoms with Gasteiger partial charge < -0.3 is 14.2 Å². The molecule has 1 aliphatic carbocycles. The molecule has 152 valence electrons. The minimum absolute atomic E-state index is 0.510. The van der Waals surface area contributed by atoms with Gasteiger partial charge in [-0.3, -0.25) is 0 Å². The summed E-state index contributed by atoms with van der Waals surface area (Å²) < 4.78 is 4.55. The highest BCUT2D eigenvalue weighted by molar-refractivity contribution is 6.07. The van der Waals surface area contributed by atoms with Crippen LogP contribution in [0.4, 0.5) is 0 Å². The zero-order valence-corrected chi connectivity index (χ0v) is 17.3. The third kappa shape index (κ3) is 2.93. The van der Waals surface area contributed by atoms with E-state index in [0.717, 1.165) is 6.42 Å². The van der Waals surface area contributed by atoms with Crippen LogP contribution in [0.25, 0.3) is 38.8 Å². The first-order valence-electron chi connectivity index (χ1n) is 10.9. The molecule has 5 aromatic rings. The molecule has 1 atom stereocenters. The van der Waals surface area contributed by atoms with Crippen molar-refractivity contribution in [2.45, 2.75) is 25.6 Å². The topological polar surface area (TPSA) is 30.1 Å². The quantitative estimate of drug-likeness (QED) is 0.395. The predicted octanol–water partition coefficient (Wildman–Crippen LogP) is 5.94. The van der Waals surface area contributed by atoms with Crippen LogP contribution in [0.5, 0.6) is 0 Å². The fourth-order valence-corrected chi connectivity index (χ4v) is 5.09. The van der Waals surface area contributed by atoms with E-state index in [1.807, 2.05) is 0 Å². The molecule has 3 aromatic carbocycles. The van der Waals surface area contributed by atoms with Gasteiger partial charge in [0, 0.05) is 38.4 Å². The van der Waals surface area contributed by atoms with Crippen molar-refractivity contribution in [2.24, 2.45) is 0 Å². The van der Waals surface area contributed by atoms with E-state index in [4.69, 9.17) is 0 Å². The second-order valence-corrected chi connectivity index (χ2v) is 8.28. The van der Waals surface area contributed by atoms with E-state index >= 15 is 0 Å². The lowest BCUT2D eigenvalue weighted by atomic mass is 10.1. The molecule has 0 amide bonds. The average molecular weight is 405 g/mol. The van der Waals surface area contributed by atoms with Crippen LogP contribution < -0.4 is 0 Å². The zero-order valence-electron chi connectivity index (χ0n) is 17.3. The Morgan fingerprint density at radius 3 is 1.90 bits per heavy atom. The van der Waals surface area contributed by atoms with Gasteiger partial charge in [-0.2, -0.15) is 0 Å². The maximum Gasteiger partial charge on any atom is 0.0898 e. The normalized spacial score (nSPS) is 14.4. The molecule has 6 rings (SSSR count). The Kier molecular flexibility index (Phi) is 4.29. The van der Waals surface area contributed by atoms with Crippen molar-refractivity contribution in [3.8, 4) is 0 Å². The van der Waals surface area contributed by atoms with E-state index in [2.05, 4.69) is 106 Å². The fraction of sp³-hybridized carbons (Fsp3) is 0.143. The highest BCUT2D eigenvalue weighted by Crippen LogP contribution is 2.31. The van der Waals surface area contributed by atoms with Gasteiger partial charge in [0.1, 0.15) is 0 Å². The highest BCUT2D eigenvalue weighted by atomic mass is 16.3. The van der Waals surface area contributed by atoms with Crippen molar-refractivity contribution in [3.63, 3.8) is 0 Å². The molecule has 31 heavy (non-hydrogen) atoms. The van der Waals surface area contributed by atoms with Crippen molar-refractivity contribution in [3.05, 3.63) is 102 Å². The number of aromatic nitrogens is 2. The lowest BCUT2D eigenvalue weighted by molar-refractivity contribution is 0.138. The summed E-state index contributed by atoms with van der Waals surface area (Å²) in [4.78, 5) is 0. The molecule has 0 aliphatic heterocycles. The first-order chi connectivity index (χ1) is 15.3. The summed E-state index contributed by atoms with van der Waals surface area (Å²) in [7, 11) is 0. The third-order valence-corrected chi connectivity index (χ3v) is 6.41. The largest absolute Gasteiger partial charge is 0.389 e. The van der Waals surface area contributed by atoms with Crippen molar-refractivity contribution < 1.29 is 5.11 Å². The number of hydrogen-bond donors (Lipinski definition) is 1. The fourth-order valence-electron chi connectivity index (χ4n) is 5.09. The lowest BCUT2D eigenvalue weighted by Gasteiger charge is -2.17. The van der Waals surface area contributed by atoms with E-state index in [-0.39, 0.29) is 0 Å². The van der Waals surface area contributed by atoms with Crippen LogP contribution in [-0.2, 0) is 19.5 Å². The standard InChI is InChI=1S/C28H24N2O/c31-20(19-30-27-16-8-5-12-23(27)24-13-6-9-17-28(24)30)18-29-25-14-3-1-2-10-21(25)22-11-4-7-15-26(22)29/h1-9,11-17,20,31H,10,18-19H2. The first-order valence-corrected chi connectivity index (χ1v) is 10.9. The third-order valence-electron chi connectivity index (χ3n) is 6.41. The molecule has 3 heteroatoms. The highest BCUT2D eigenvalue weighted by Gasteiger charge is 2.19. The van der Waals surface area contributed by atoms with E-state index in [1.165, 1.54) is 44.0 Å². The van der Waals surface area contributed by atoms with Gasteiger partial charge in [-0.05, 0) is 36.3 Å². The van der Waals surface area contributed by atoms with E-state index < -0.39 is 6.10 Å². The van der Waals surface area contributed by atoms with Crippen molar-refractivity contribution >= 4 is 38.8 Å². The van der Waals surface area contributed by atoms with Gasteiger partial charge in [0.15, 0.2) is 0 Å². The van der Waals surface area contributed by atoms with Gasteiger partial charge in [-0.1, -0.05) is 72.8 Å². The van der Waals surface area contributed by atoms with Crippen molar-refractivity contribution in [2.75, 3.05) is 0 Å². The summed E-state index contributed by atoms with van der Waals surface area (Å²) in [6, 6.07) is 25.5. The Morgan fingerprint density at radius 1 is 0.677 bits per heavy atom. The minimum atomic E-state index is -0.510. The second-order valence-electron chi connectivity index (χ2n) is 8.28. The number of allylic oxidation sites excluding steroid dienone is 3. The first kappa shape index (κ1) is 18.2. The molecule has 0 radical (unpaired) electrons. The van der Waals surface area contributed by atoms with Crippen molar-refractivity contribution in [1.29, 1.82) is 0 Å². The van der Waals surface area contributed by atoms with Crippen molar-refractivity contribution in [1.82, 2.24) is 9.13 Å². The van der Waals surface area contributed by atoms with Gasteiger partial charge in [-0.25, -0.2) is 0 Å². The second kappa shape index (κ2) is 7.29. The number of fused-ring (bicyclic) bond motifs is 6. The number of aliphatic hydroxyl groups excluding tert-OH is 1. The molecule has 1 aliphatic rings. The molecular formula is C28H24N2O. The Balaban J connectivity index is 1.42. The molecule has 1 unspecified atom stereocenters. The summed E-state index contributed by atoms with van der Waals surface area (Å²) in [6.45, 7) is 1.11. The molecule has 3 nitrogen and oxygen atoms in total. The van der Waals surface area contributed by atoms with Crippen LogP contribution in [0.3, 0.4) is 0 Å². The number of aliphatic hydroxyl groups is 1. The Labute approximate surface area is 181 Å². The molecular weight excluding hydrogens is 380 g/mol. The maximum atomic E-state index is 11.3. The molecule has 1 N–H and O–H groups in total. The molecule has 2 heterocycles. The monoisotopic (exact) mass is 404 g/mol. The van der Waals surface area contributed by atoms with Crippen LogP contribution in [0.1, 0.15) is 11.3 Å². The van der Waals surface area contributed by atoms with Crippen LogP contribution in [-0.4, -0.2) is 20.3 Å². The molecule has 2 aromatic heterocycles. The molecule has 0 spiro atoms. The maximum absolute atomic E-state index is 11.3. The number of hydrogen-bond acceptors (Lipinski definition) is 1. The molecule has 0 saturated carbocycles. The number of para-hydroxylation sites is 3. The number of benzene rings is 3. The molecule has 0 bridgehead atoms. The van der Waals surface area contributed by atoms with Crippen LogP contribution in [0, 0.1) is 0 Å². The van der Waals surface area contributed by atoms with Crippen LogP contribution >= 0.6 is 0 Å². The summed E-state index contributed by atoms with van der Waals surface area (Å²) >= 11 is 0. The van der Waals surface area contributed by atoms with E-state index in [0.29, 0.717) is 13.1 Å². The molecule has 0 fully saturated rings. The average Bonchev–Trinajstić information content (AvgIpc) is 3.13. The van der Waals surface area contributed by atoms with Gasteiger partial charge >= 0.3 is 0 Å². The Hall–Kier alpha value is -3.56. The van der Waals surface area contributed by atoms with E-state index in [1.54, 1.807) is 0 Å². The Morgan fingerprint density at radius 2 is 1.23 bits per heavy atom. The smallest absolute Gasteiger partial charge is 0.0898 e. The number of rotatable bonds is 4. The molecule has 0 saturated heterocycles. The summed E-state index contributed by atoms with van der Waals surface area (Å²) in [5.41, 5.74) is 6.07. The van der Waals surface area contributed by atoms with E-state index in [9.17, 15) is 5.11 Å². The van der Waals surface area contributed by atoms with Crippen LogP contribution in [0.15, 0.2) is 91.0 Å². The summed E-state index contributed by atoms with van der Waals surface area (Å²) in [5, 5.41) is 15.0. The predicted molar refractivity (Wildman–Crippen MR) is 129 cm³/mol. The lowest BCUT2D eigenvalue weighted by Crippen LogP contribution is -2.22. The minimum Gasteiger partial charge on any atom is -0.389 e. The number of nitrogens with zero attached hydrogens (tertiary/aromatic N) is 2. The van der Waals surface area contributed by atoms with Gasteiger partial charge in [-0.15, -0.1) is 0 Å². The van der Waals surface area contributed by atoms with Gasteiger partial charge in [0.25, 0.3) is 0 Å².